The molecule has 1 aliphatic carbocycles. The van der Waals surface area contributed by atoms with E-state index in [9.17, 15) is 24.3 Å². The first-order valence-electron chi connectivity index (χ1n) is 14.9. The first-order chi connectivity index (χ1) is 21.8. The Balaban J connectivity index is 2.20. The van der Waals surface area contributed by atoms with Crippen molar-refractivity contribution in [3.63, 3.8) is 0 Å². The van der Waals surface area contributed by atoms with Gasteiger partial charge in [0.05, 0.1) is 30.6 Å². The van der Waals surface area contributed by atoms with Crippen LogP contribution in [0.3, 0.4) is 0 Å². The van der Waals surface area contributed by atoms with Gasteiger partial charge in [0.1, 0.15) is 11.8 Å². The number of nitrogens with two attached hydrogens (primary N) is 1. The second-order valence-electron chi connectivity index (χ2n) is 11.5. The zero-order valence-electron chi connectivity index (χ0n) is 27.2. The predicted molar refractivity (Wildman–Crippen MR) is 170 cm³/mol. The van der Waals surface area contributed by atoms with Gasteiger partial charge >= 0.3 is 6.09 Å². The number of nitrogens with one attached hydrogen (secondary N) is 1. The number of amides is 2. The quantitative estimate of drug-likeness (QED) is 0.321. The van der Waals surface area contributed by atoms with Gasteiger partial charge in [0.25, 0.3) is 5.91 Å². The van der Waals surface area contributed by atoms with Crippen molar-refractivity contribution in [3.05, 3.63) is 82.6 Å². The molecule has 248 valence electrons. The summed E-state index contributed by atoms with van der Waals surface area (Å²) < 4.78 is 22.1. The molecule has 2 heterocycles. The van der Waals surface area contributed by atoms with Crippen molar-refractivity contribution in [3.8, 4) is 0 Å². The van der Waals surface area contributed by atoms with Gasteiger partial charge in [0, 0.05) is 37.5 Å². The van der Waals surface area contributed by atoms with Crippen molar-refractivity contribution in [2.24, 2.45) is 17.6 Å². The third-order valence-corrected chi connectivity index (χ3v) is 8.03. The third kappa shape index (κ3) is 8.45. The maximum atomic E-state index is 14.1. The van der Waals surface area contributed by atoms with Crippen molar-refractivity contribution >= 4 is 29.1 Å². The number of aliphatic hydroxyl groups is 1. The molecule has 0 saturated heterocycles. The Morgan fingerprint density at radius 2 is 1.78 bits per heavy atom. The van der Waals surface area contributed by atoms with E-state index in [1.165, 1.54) is 40.5 Å². The zero-order valence-corrected chi connectivity index (χ0v) is 27.2. The molecule has 1 aliphatic heterocycles. The van der Waals surface area contributed by atoms with Gasteiger partial charge in [-0.25, -0.2) is 4.79 Å². The van der Waals surface area contributed by atoms with Crippen LogP contribution in [-0.2, 0) is 33.3 Å². The smallest absolute Gasteiger partial charge is 0.405 e. The standard InChI is InChI=1S/C34H43N3O9/c1-18-15-22-29(39)27(26(30(40)32(22)45-7)23-12-8-9-14-36-23)37-33(41)19(2)11-10-13-24(43-5)31(46-34(35)42)21(4)17-20(3)28(38)25(16-18)44-6/h8-14,17-18,20,24-25,28,31,38H,15-16H2,1-7H3,(H2,35,42)(H,37,41). The Kier molecular flexibility index (Phi) is 12.7. The van der Waals surface area contributed by atoms with E-state index in [1.807, 2.05) is 6.92 Å². The average molecular weight is 638 g/mol. The molecule has 1 aromatic heterocycles. The number of nitrogens with zero attached hydrogens (tertiary/aromatic N) is 1. The molecule has 2 amide bonds. The number of rotatable bonds is 5. The second-order valence-corrected chi connectivity index (χ2v) is 11.5. The molecule has 0 aromatic carbocycles. The number of pyridine rings is 1. The summed E-state index contributed by atoms with van der Waals surface area (Å²) in [7, 11) is 4.21. The van der Waals surface area contributed by atoms with Crippen LogP contribution < -0.4 is 11.1 Å². The molecule has 1 aromatic rings. The van der Waals surface area contributed by atoms with Gasteiger partial charge in [0.2, 0.25) is 11.6 Å². The summed E-state index contributed by atoms with van der Waals surface area (Å²) in [5.74, 6) is -2.68. The fourth-order valence-corrected chi connectivity index (χ4v) is 5.60. The lowest BCUT2D eigenvalue weighted by atomic mass is 9.83. The fraction of sp³-hybridized carbons (Fsp3) is 0.441. The normalized spacial score (nSPS) is 27.2. The molecule has 4 N–H and O–H groups in total. The zero-order chi connectivity index (χ0) is 34.1. The van der Waals surface area contributed by atoms with Gasteiger partial charge in [-0.05, 0) is 50.3 Å². The number of allylic oxidation sites excluding steroid dienone is 4. The Morgan fingerprint density at radius 1 is 1.07 bits per heavy atom. The van der Waals surface area contributed by atoms with Crippen molar-refractivity contribution in [2.75, 3.05) is 21.3 Å². The third-order valence-electron chi connectivity index (χ3n) is 8.03. The lowest BCUT2D eigenvalue weighted by Gasteiger charge is -2.30. The minimum atomic E-state index is -1.01. The van der Waals surface area contributed by atoms with E-state index in [1.54, 1.807) is 50.3 Å². The molecule has 46 heavy (non-hydrogen) atoms. The highest BCUT2D eigenvalue weighted by atomic mass is 16.6. The number of primary amides is 1. The average Bonchev–Trinajstić information content (AvgIpc) is 3.02. The van der Waals surface area contributed by atoms with Crippen LogP contribution in [0, 0.1) is 11.8 Å². The summed E-state index contributed by atoms with van der Waals surface area (Å²) in [5, 5.41) is 14.0. The highest BCUT2D eigenvalue weighted by molar-refractivity contribution is 6.39. The molecule has 0 saturated carbocycles. The molecule has 3 rings (SSSR count). The SMILES string of the molecule is COC1=C2CC(C)CC(OC)C(O)C(C)C=C(C)C(OC(N)=O)C(OC)C=CC=C(C)C(=O)NC(=C(c3ccccn3)C1=O)C2=O. The summed E-state index contributed by atoms with van der Waals surface area (Å²) in [4.78, 5) is 57.4. The first kappa shape index (κ1) is 36.1. The fourth-order valence-electron chi connectivity index (χ4n) is 5.60. The molecule has 2 bridgehead atoms. The maximum Gasteiger partial charge on any atom is 0.405 e. The van der Waals surface area contributed by atoms with Crippen LogP contribution in [0.1, 0.15) is 46.2 Å². The van der Waals surface area contributed by atoms with E-state index in [0.717, 1.165) is 0 Å². The topological polar surface area (TPSA) is 176 Å². The number of ether oxygens (including phenoxy) is 4. The number of carbonyl (C=O) groups is 4. The number of hydrogen-bond donors (Lipinski definition) is 3. The van der Waals surface area contributed by atoms with Crippen molar-refractivity contribution < 1.29 is 43.2 Å². The molecular formula is C34H43N3O9. The summed E-state index contributed by atoms with van der Waals surface area (Å²) in [5.41, 5.74) is 6.13. The van der Waals surface area contributed by atoms with Crippen LogP contribution in [0.15, 0.2) is 76.9 Å². The number of ketones is 2. The maximum absolute atomic E-state index is 14.1. The molecule has 2 aliphatic rings. The number of aliphatic hydroxyl groups excluding tert-OH is 1. The van der Waals surface area contributed by atoms with Crippen LogP contribution in [0.25, 0.3) is 5.57 Å². The minimum absolute atomic E-state index is 0.0899. The van der Waals surface area contributed by atoms with Gasteiger partial charge in [0.15, 0.2) is 11.9 Å². The number of aromatic nitrogens is 1. The Bertz CT molecular complexity index is 1480. The minimum Gasteiger partial charge on any atom is -0.492 e. The Morgan fingerprint density at radius 3 is 2.37 bits per heavy atom. The van der Waals surface area contributed by atoms with Gasteiger partial charge in [-0.1, -0.05) is 44.2 Å². The lowest BCUT2D eigenvalue weighted by molar-refractivity contribution is -0.120. The summed E-state index contributed by atoms with van der Waals surface area (Å²) in [6.07, 6.45) is 3.82. The monoisotopic (exact) mass is 637 g/mol. The summed E-state index contributed by atoms with van der Waals surface area (Å²) >= 11 is 0. The molecule has 0 spiro atoms. The van der Waals surface area contributed by atoms with E-state index >= 15 is 0 Å². The molecule has 12 nitrogen and oxygen atoms in total. The number of carbonyl (C=O) groups excluding carboxylic acids is 4. The number of hydrogen-bond acceptors (Lipinski definition) is 10. The predicted octanol–water partition coefficient (Wildman–Crippen LogP) is 3.33. The van der Waals surface area contributed by atoms with Crippen molar-refractivity contribution in [2.45, 2.75) is 65.0 Å². The van der Waals surface area contributed by atoms with E-state index in [0.29, 0.717) is 12.0 Å². The van der Waals surface area contributed by atoms with E-state index < -0.39 is 53.9 Å². The Hall–Kier alpha value is -4.39. The number of fused-ring (bicyclic) bond motifs is 2. The van der Waals surface area contributed by atoms with Gasteiger partial charge < -0.3 is 35.1 Å². The van der Waals surface area contributed by atoms with Crippen LogP contribution >= 0.6 is 0 Å². The second kappa shape index (κ2) is 16.3. The van der Waals surface area contributed by atoms with Gasteiger partial charge in [-0.15, -0.1) is 0 Å². The van der Waals surface area contributed by atoms with E-state index in [-0.39, 0.29) is 46.2 Å². The summed E-state index contributed by atoms with van der Waals surface area (Å²) in [6, 6.07) is 4.90. The van der Waals surface area contributed by atoms with Crippen molar-refractivity contribution in [1.29, 1.82) is 0 Å². The molecule has 12 heteroatoms. The molecule has 0 radical (unpaired) electrons. The van der Waals surface area contributed by atoms with Crippen LogP contribution in [0.5, 0.6) is 0 Å². The Labute approximate surface area is 269 Å². The van der Waals surface area contributed by atoms with E-state index in [4.69, 9.17) is 24.7 Å². The highest BCUT2D eigenvalue weighted by Gasteiger charge is 2.39. The summed E-state index contributed by atoms with van der Waals surface area (Å²) in [6.45, 7) is 6.92. The van der Waals surface area contributed by atoms with Crippen molar-refractivity contribution in [1.82, 2.24) is 10.3 Å². The lowest BCUT2D eigenvalue weighted by Crippen LogP contribution is -2.37. The number of methoxy groups -OCH3 is 3. The molecular weight excluding hydrogens is 594 g/mol. The van der Waals surface area contributed by atoms with Gasteiger partial charge in [-0.3, -0.25) is 19.4 Å². The molecule has 6 unspecified atom stereocenters. The first-order valence-corrected chi connectivity index (χ1v) is 14.9. The van der Waals surface area contributed by atoms with Crippen LogP contribution in [0.4, 0.5) is 4.79 Å². The number of Topliss-reactive ketones (excluding diaryl/α,β-unsaturated/α-hetero) is 2. The van der Waals surface area contributed by atoms with E-state index in [2.05, 4.69) is 10.3 Å². The van der Waals surface area contributed by atoms with Gasteiger partial charge in [-0.2, -0.15) is 0 Å². The molecule has 0 fully saturated rings. The highest BCUT2D eigenvalue weighted by Crippen LogP contribution is 2.34. The molecule has 6 atom stereocenters. The van der Waals surface area contributed by atoms with Crippen LogP contribution in [0.2, 0.25) is 0 Å². The largest absolute Gasteiger partial charge is 0.492 e. The van der Waals surface area contributed by atoms with Crippen LogP contribution in [-0.4, -0.2) is 79.4 Å².